The Balaban J connectivity index is 1.54. The fourth-order valence-corrected chi connectivity index (χ4v) is 3.18. The number of rotatable bonds is 3. The van der Waals surface area contributed by atoms with Gasteiger partial charge < -0.3 is 15.5 Å². The van der Waals surface area contributed by atoms with Crippen molar-refractivity contribution in [3.8, 4) is 0 Å². The molecular weight excluding hydrogens is 271 g/mol. The van der Waals surface area contributed by atoms with Crippen LogP contribution in [0.15, 0.2) is 12.1 Å². The average molecular weight is 290 g/mol. The zero-order chi connectivity index (χ0) is 14.4. The van der Waals surface area contributed by atoms with Gasteiger partial charge in [-0.15, -0.1) is 0 Å². The highest BCUT2D eigenvalue weighted by Gasteiger charge is 2.39. The van der Waals surface area contributed by atoms with Crippen LogP contribution >= 0.6 is 0 Å². The zero-order valence-electron chi connectivity index (χ0n) is 11.8. The fraction of sp³-hybridized carbons (Fsp3) is 0.600. The van der Waals surface area contributed by atoms with Crippen LogP contribution in [-0.4, -0.2) is 42.1 Å². The number of nitrogens with one attached hydrogen (secondary N) is 2. The molecule has 6 heteroatoms. The molecule has 0 bridgehead atoms. The minimum absolute atomic E-state index is 0.170. The normalized spacial score (nSPS) is 27.8. The second-order valence-corrected chi connectivity index (χ2v) is 6.15. The van der Waals surface area contributed by atoms with Crippen molar-refractivity contribution in [1.29, 1.82) is 0 Å². The monoisotopic (exact) mass is 290 g/mol. The number of nitrogens with zero attached hydrogens (tertiary/aromatic N) is 2. The number of carbonyl (C=O) groups is 1. The van der Waals surface area contributed by atoms with Gasteiger partial charge in [-0.2, -0.15) is 4.39 Å². The molecule has 0 unspecified atom stereocenters. The van der Waals surface area contributed by atoms with Crippen LogP contribution in [0.4, 0.5) is 10.1 Å². The second kappa shape index (κ2) is 4.94. The number of aromatic nitrogens is 1. The molecule has 2 heterocycles. The van der Waals surface area contributed by atoms with Crippen LogP contribution in [0.25, 0.3) is 0 Å². The fourth-order valence-electron chi connectivity index (χ4n) is 3.18. The van der Waals surface area contributed by atoms with Gasteiger partial charge in [-0.05, 0) is 37.8 Å². The van der Waals surface area contributed by atoms with Crippen LogP contribution in [0.5, 0.6) is 0 Å². The third-order valence-electron chi connectivity index (χ3n) is 4.68. The van der Waals surface area contributed by atoms with Crippen molar-refractivity contribution in [1.82, 2.24) is 15.6 Å². The Morgan fingerprint density at radius 3 is 2.86 bits per heavy atom. The number of fused-ring (bicyclic) bond motifs is 1. The number of amides is 1. The second-order valence-electron chi connectivity index (χ2n) is 6.15. The Bertz CT molecular complexity index is 575. The van der Waals surface area contributed by atoms with E-state index in [1.807, 2.05) is 0 Å². The first-order valence-corrected chi connectivity index (χ1v) is 7.70. The van der Waals surface area contributed by atoms with Crippen LogP contribution in [0.3, 0.4) is 0 Å². The van der Waals surface area contributed by atoms with Gasteiger partial charge in [-0.1, -0.05) is 0 Å². The maximum atomic E-state index is 14.3. The summed E-state index contributed by atoms with van der Waals surface area (Å²) < 4.78 is 14.3. The highest BCUT2D eigenvalue weighted by atomic mass is 19.1. The van der Waals surface area contributed by atoms with Gasteiger partial charge in [0.1, 0.15) is 5.69 Å². The topological polar surface area (TPSA) is 57.3 Å². The SMILES string of the molecule is O=C(NC1CC1)c1ccc(N2CCN[C@H]3CC[C@H]32)c(F)n1. The largest absolute Gasteiger partial charge is 0.362 e. The molecule has 112 valence electrons. The number of anilines is 1. The van der Waals surface area contributed by atoms with E-state index in [1.54, 1.807) is 12.1 Å². The quantitative estimate of drug-likeness (QED) is 0.817. The summed E-state index contributed by atoms with van der Waals surface area (Å²) in [4.78, 5) is 17.9. The molecule has 1 amide bonds. The Kier molecular flexibility index (Phi) is 3.06. The van der Waals surface area contributed by atoms with E-state index in [9.17, 15) is 9.18 Å². The lowest BCUT2D eigenvalue weighted by Gasteiger charge is -2.49. The molecule has 1 aromatic rings. The number of pyridine rings is 1. The Morgan fingerprint density at radius 1 is 1.33 bits per heavy atom. The lowest BCUT2D eigenvalue weighted by molar-refractivity contribution is 0.0945. The first-order valence-electron chi connectivity index (χ1n) is 7.70. The first-order chi connectivity index (χ1) is 10.2. The number of hydrogen-bond donors (Lipinski definition) is 2. The predicted molar refractivity (Wildman–Crippen MR) is 76.8 cm³/mol. The molecule has 1 aromatic heterocycles. The average Bonchev–Trinajstić information content (AvgIpc) is 3.24. The molecule has 0 aromatic carbocycles. The van der Waals surface area contributed by atoms with Crippen LogP contribution in [0.1, 0.15) is 36.2 Å². The standard InChI is InChI=1S/C15H19FN4O/c16-14-13(20-8-7-17-10-3-5-12(10)20)6-4-11(19-14)15(21)18-9-1-2-9/h4,6,9-10,12,17H,1-3,5,7-8H2,(H,18,21)/t10-,12+/m0/s1. The van der Waals surface area contributed by atoms with Crippen molar-refractivity contribution in [2.75, 3.05) is 18.0 Å². The molecule has 5 nitrogen and oxygen atoms in total. The number of carbonyl (C=O) groups excluding carboxylic acids is 1. The molecule has 2 atom stereocenters. The summed E-state index contributed by atoms with van der Waals surface area (Å²) in [5.74, 6) is -0.809. The summed E-state index contributed by atoms with van der Waals surface area (Å²) >= 11 is 0. The van der Waals surface area contributed by atoms with E-state index in [2.05, 4.69) is 20.5 Å². The van der Waals surface area contributed by atoms with E-state index >= 15 is 0 Å². The summed E-state index contributed by atoms with van der Waals surface area (Å²) in [7, 11) is 0. The number of piperazine rings is 1. The molecule has 3 fully saturated rings. The maximum absolute atomic E-state index is 14.3. The smallest absolute Gasteiger partial charge is 0.270 e. The summed E-state index contributed by atoms with van der Waals surface area (Å²) in [6.07, 6.45) is 4.26. The lowest BCUT2D eigenvalue weighted by atomic mass is 9.83. The van der Waals surface area contributed by atoms with E-state index in [1.165, 1.54) is 0 Å². The third-order valence-corrected chi connectivity index (χ3v) is 4.68. The molecule has 4 rings (SSSR count). The predicted octanol–water partition coefficient (Wildman–Crippen LogP) is 1.05. The molecular formula is C15H19FN4O. The molecule has 3 aliphatic rings. The van der Waals surface area contributed by atoms with Crippen molar-refractivity contribution < 1.29 is 9.18 Å². The molecule has 21 heavy (non-hydrogen) atoms. The summed E-state index contributed by atoms with van der Waals surface area (Å²) in [6.45, 7) is 1.65. The molecule has 2 aliphatic carbocycles. The molecule has 0 radical (unpaired) electrons. The highest BCUT2D eigenvalue weighted by Crippen LogP contribution is 2.33. The Morgan fingerprint density at radius 2 is 2.19 bits per heavy atom. The Hall–Kier alpha value is -1.69. The van der Waals surface area contributed by atoms with Crippen LogP contribution in [0, 0.1) is 5.95 Å². The van der Waals surface area contributed by atoms with E-state index in [4.69, 9.17) is 0 Å². The van der Waals surface area contributed by atoms with Crippen molar-refractivity contribution >= 4 is 11.6 Å². The van der Waals surface area contributed by atoms with E-state index in [0.29, 0.717) is 17.8 Å². The number of hydrogen-bond acceptors (Lipinski definition) is 4. The summed E-state index contributed by atoms with van der Waals surface area (Å²) in [5, 5.41) is 6.28. The molecule has 2 N–H and O–H groups in total. The lowest BCUT2D eigenvalue weighted by Crippen LogP contribution is -2.63. The minimum Gasteiger partial charge on any atom is -0.362 e. The van der Waals surface area contributed by atoms with Crippen molar-refractivity contribution in [2.24, 2.45) is 0 Å². The molecule has 1 aliphatic heterocycles. The number of halogens is 1. The highest BCUT2D eigenvalue weighted by molar-refractivity contribution is 5.92. The molecule has 1 saturated heterocycles. The first kappa shape index (κ1) is 13.0. The summed E-state index contributed by atoms with van der Waals surface area (Å²) in [6, 6.07) is 4.42. The minimum atomic E-state index is -0.536. The van der Waals surface area contributed by atoms with E-state index in [-0.39, 0.29) is 17.6 Å². The molecule has 2 saturated carbocycles. The van der Waals surface area contributed by atoms with E-state index < -0.39 is 5.95 Å². The van der Waals surface area contributed by atoms with E-state index in [0.717, 1.165) is 38.8 Å². The van der Waals surface area contributed by atoms with Crippen LogP contribution in [-0.2, 0) is 0 Å². The van der Waals surface area contributed by atoms with Gasteiger partial charge in [-0.25, -0.2) is 4.98 Å². The van der Waals surface area contributed by atoms with Gasteiger partial charge in [0.15, 0.2) is 0 Å². The third kappa shape index (κ3) is 2.37. The van der Waals surface area contributed by atoms with Gasteiger partial charge >= 0.3 is 0 Å². The van der Waals surface area contributed by atoms with Gasteiger partial charge in [0.05, 0.1) is 5.69 Å². The van der Waals surface area contributed by atoms with Crippen LogP contribution in [0.2, 0.25) is 0 Å². The molecule has 0 spiro atoms. The Labute approximate surface area is 122 Å². The van der Waals surface area contributed by atoms with Crippen molar-refractivity contribution in [3.63, 3.8) is 0 Å². The van der Waals surface area contributed by atoms with Crippen molar-refractivity contribution in [2.45, 2.75) is 43.8 Å². The van der Waals surface area contributed by atoms with Gasteiger partial charge in [0.2, 0.25) is 5.95 Å². The van der Waals surface area contributed by atoms with Gasteiger partial charge in [0.25, 0.3) is 5.91 Å². The van der Waals surface area contributed by atoms with Crippen molar-refractivity contribution in [3.05, 3.63) is 23.8 Å². The summed E-state index contributed by atoms with van der Waals surface area (Å²) in [5.41, 5.74) is 0.692. The van der Waals surface area contributed by atoms with Crippen LogP contribution < -0.4 is 15.5 Å². The van der Waals surface area contributed by atoms with Gasteiger partial charge in [0, 0.05) is 31.2 Å². The zero-order valence-corrected chi connectivity index (χ0v) is 11.8. The van der Waals surface area contributed by atoms with Gasteiger partial charge in [-0.3, -0.25) is 4.79 Å². The maximum Gasteiger partial charge on any atom is 0.270 e.